The lowest BCUT2D eigenvalue weighted by atomic mass is 10.1. The van der Waals surface area contributed by atoms with Crippen LogP contribution in [-0.4, -0.2) is 62.6 Å². The van der Waals surface area contributed by atoms with E-state index >= 15 is 0 Å². The van der Waals surface area contributed by atoms with E-state index in [0.717, 1.165) is 26.1 Å². The summed E-state index contributed by atoms with van der Waals surface area (Å²) in [4.78, 5) is 2.32. The second-order valence-electron chi connectivity index (χ2n) is 4.79. The summed E-state index contributed by atoms with van der Waals surface area (Å²) in [6, 6.07) is 0. The standard InChI is InChI=1S/C11H25N3O2S/c1-3-17(15,16)14-6-4-5-13(7-8-14)10-11(2)9-12/h11H,3-10,12H2,1-2H3. The zero-order valence-corrected chi connectivity index (χ0v) is 11.7. The lowest BCUT2D eigenvalue weighted by Crippen LogP contribution is -2.37. The Morgan fingerprint density at radius 1 is 1.24 bits per heavy atom. The van der Waals surface area contributed by atoms with Crippen LogP contribution in [-0.2, 0) is 10.0 Å². The van der Waals surface area contributed by atoms with Crippen molar-refractivity contribution in [3.8, 4) is 0 Å². The van der Waals surface area contributed by atoms with Crippen LogP contribution >= 0.6 is 0 Å². The maximum Gasteiger partial charge on any atom is 0.213 e. The molecule has 0 aliphatic carbocycles. The van der Waals surface area contributed by atoms with Crippen molar-refractivity contribution in [2.75, 3.05) is 45.0 Å². The Kier molecular flexibility index (Phi) is 5.85. The van der Waals surface area contributed by atoms with Crippen molar-refractivity contribution in [2.24, 2.45) is 11.7 Å². The highest BCUT2D eigenvalue weighted by Gasteiger charge is 2.23. The van der Waals surface area contributed by atoms with Crippen LogP contribution in [0.25, 0.3) is 0 Å². The van der Waals surface area contributed by atoms with Gasteiger partial charge in [-0.25, -0.2) is 12.7 Å². The maximum atomic E-state index is 11.8. The summed E-state index contributed by atoms with van der Waals surface area (Å²) >= 11 is 0. The SMILES string of the molecule is CCS(=O)(=O)N1CCCN(CC(C)CN)CC1. The maximum absolute atomic E-state index is 11.8. The molecule has 0 amide bonds. The van der Waals surface area contributed by atoms with Gasteiger partial charge in [-0.3, -0.25) is 0 Å². The van der Waals surface area contributed by atoms with Gasteiger partial charge in [0, 0.05) is 26.2 Å². The van der Waals surface area contributed by atoms with Crippen LogP contribution in [0.1, 0.15) is 20.3 Å². The molecule has 1 rings (SSSR count). The summed E-state index contributed by atoms with van der Waals surface area (Å²) in [7, 11) is -3.02. The Bertz CT molecular complexity index is 319. The van der Waals surface area contributed by atoms with Crippen LogP contribution in [0, 0.1) is 5.92 Å². The number of sulfonamides is 1. The molecule has 0 radical (unpaired) electrons. The van der Waals surface area contributed by atoms with Gasteiger partial charge in [-0.1, -0.05) is 6.92 Å². The number of hydrogen-bond donors (Lipinski definition) is 1. The van der Waals surface area contributed by atoms with E-state index in [9.17, 15) is 8.42 Å². The van der Waals surface area contributed by atoms with E-state index in [2.05, 4.69) is 11.8 Å². The summed E-state index contributed by atoms with van der Waals surface area (Å²) in [5.41, 5.74) is 5.61. The lowest BCUT2D eigenvalue weighted by molar-refractivity contribution is 0.251. The molecule has 17 heavy (non-hydrogen) atoms. The number of nitrogens with zero attached hydrogens (tertiary/aromatic N) is 2. The molecule has 1 atom stereocenters. The number of rotatable bonds is 5. The summed E-state index contributed by atoms with van der Waals surface area (Å²) in [5.74, 6) is 0.677. The number of hydrogen-bond acceptors (Lipinski definition) is 4. The fraction of sp³-hybridized carbons (Fsp3) is 1.00. The molecule has 2 N–H and O–H groups in total. The first-order valence-corrected chi connectivity index (χ1v) is 8.00. The first kappa shape index (κ1) is 14.9. The van der Waals surface area contributed by atoms with Crippen molar-refractivity contribution in [1.82, 2.24) is 9.21 Å². The molecule has 1 saturated heterocycles. The van der Waals surface area contributed by atoms with Gasteiger partial charge in [0.25, 0.3) is 0 Å². The molecule has 1 fully saturated rings. The molecule has 1 unspecified atom stereocenters. The topological polar surface area (TPSA) is 66.6 Å². The predicted molar refractivity (Wildman–Crippen MR) is 70.3 cm³/mol. The normalized spacial score (nSPS) is 22.3. The Hall–Kier alpha value is -0.170. The Balaban J connectivity index is 2.50. The van der Waals surface area contributed by atoms with Crippen molar-refractivity contribution in [3.05, 3.63) is 0 Å². The average Bonchev–Trinajstić information content (AvgIpc) is 2.55. The molecule has 0 aromatic rings. The highest BCUT2D eigenvalue weighted by atomic mass is 32.2. The monoisotopic (exact) mass is 263 g/mol. The first-order valence-electron chi connectivity index (χ1n) is 6.39. The van der Waals surface area contributed by atoms with Gasteiger partial charge in [-0.05, 0) is 32.4 Å². The van der Waals surface area contributed by atoms with Crippen molar-refractivity contribution >= 4 is 10.0 Å². The molecule has 1 aliphatic heterocycles. The Morgan fingerprint density at radius 3 is 2.53 bits per heavy atom. The van der Waals surface area contributed by atoms with Crippen molar-refractivity contribution in [3.63, 3.8) is 0 Å². The fourth-order valence-corrected chi connectivity index (χ4v) is 3.24. The third-order valence-corrected chi connectivity index (χ3v) is 5.16. The molecule has 0 spiro atoms. The van der Waals surface area contributed by atoms with Crippen LogP contribution in [0.5, 0.6) is 0 Å². The smallest absolute Gasteiger partial charge is 0.213 e. The minimum atomic E-state index is -3.02. The van der Waals surface area contributed by atoms with E-state index in [1.807, 2.05) is 0 Å². The van der Waals surface area contributed by atoms with Gasteiger partial charge in [0.05, 0.1) is 5.75 Å². The highest BCUT2D eigenvalue weighted by molar-refractivity contribution is 7.89. The van der Waals surface area contributed by atoms with Gasteiger partial charge in [0.1, 0.15) is 0 Å². The first-order chi connectivity index (χ1) is 7.99. The molecular formula is C11H25N3O2S. The number of nitrogens with two attached hydrogens (primary N) is 1. The van der Waals surface area contributed by atoms with E-state index in [0.29, 0.717) is 25.6 Å². The van der Waals surface area contributed by atoms with E-state index < -0.39 is 10.0 Å². The van der Waals surface area contributed by atoms with Crippen molar-refractivity contribution in [2.45, 2.75) is 20.3 Å². The third-order valence-electron chi connectivity index (χ3n) is 3.28. The molecule has 0 saturated carbocycles. The van der Waals surface area contributed by atoms with Crippen LogP contribution in [0.15, 0.2) is 0 Å². The summed E-state index contributed by atoms with van der Waals surface area (Å²) in [6.45, 7) is 8.56. The summed E-state index contributed by atoms with van der Waals surface area (Å²) in [6.07, 6.45) is 0.913. The van der Waals surface area contributed by atoms with Gasteiger partial charge in [-0.15, -0.1) is 0 Å². The molecule has 1 aliphatic rings. The van der Waals surface area contributed by atoms with Gasteiger partial charge in [0.15, 0.2) is 0 Å². The van der Waals surface area contributed by atoms with Crippen LogP contribution in [0.2, 0.25) is 0 Å². The summed E-state index contributed by atoms with van der Waals surface area (Å²) in [5, 5.41) is 0. The highest BCUT2D eigenvalue weighted by Crippen LogP contribution is 2.09. The lowest BCUT2D eigenvalue weighted by Gasteiger charge is -2.23. The minimum absolute atomic E-state index is 0.201. The molecule has 1 heterocycles. The molecule has 0 bridgehead atoms. The van der Waals surface area contributed by atoms with E-state index in [-0.39, 0.29) is 5.75 Å². The predicted octanol–water partition coefficient (Wildman–Crippen LogP) is -0.0614. The quantitative estimate of drug-likeness (QED) is 0.754. The molecule has 6 heteroatoms. The average molecular weight is 263 g/mol. The molecule has 102 valence electrons. The fourth-order valence-electron chi connectivity index (χ4n) is 2.11. The summed E-state index contributed by atoms with van der Waals surface area (Å²) < 4.78 is 25.2. The molecule has 0 aromatic heterocycles. The molecule has 5 nitrogen and oxygen atoms in total. The second-order valence-corrected chi connectivity index (χ2v) is 7.05. The molecule has 0 aromatic carbocycles. The van der Waals surface area contributed by atoms with Crippen LogP contribution < -0.4 is 5.73 Å². The Labute approximate surface area is 105 Å². The zero-order chi connectivity index (χ0) is 12.9. The van der Waals surface area contributed by atoms with Crippen molar-refractivity contribution < 1.29 is 8.42 Å². The Morgan fingerprint density at radius 2 is 1.94 bits per heavy atom. The van der Waals surface area contributed by atoms with Gasteiger partial charge >= 0.3 is 0 Å². The van der Waals surface area contributed by atoms with Crippen LogP contribution in [0.4, 0.5) is 0 Å². The minimum Gasteiger partial charge on any atom is -0.330 e. The van der Waals surface area contributed by atoms with Gasteiger partial charge < -0.3 is 10.6 Å². The van der Waals surface area contributed by atoms with E-state index in [1.165, 1.54) is 0 Å². The van der Waals surface area contributed by atoms with E-state index in [1.54, 1.807) is 11.2 Å². The van der Waals surface area contributed by atoms with E-state index in [4.69, 9.17) is 5.73 Å². The molecular weight excluding hydrogens is 238 g/mol. The second kappa shape index (κ2) is 6.68. The van der Waals surface area contributed by atoms with Gasteiger partial charge in [-0.2, -0.15) is 0 Å². The van der Waals surface area contributed by atoms with Gasteiger partial charge in [0.2, 0.25) is 10.0 Å². The van der Waals surface area contributed by atoms with Crippen molar-refractivity contribution in [1.29, 1.82) is 0 Å². The zero-order valence-electron chi connectivity index (χ0n) is 10.9. The van der Waals surface area contributed by atoms with Crippen LogP contribution in [0.3, 0.4) is 0 Å². The third kappa shape index (κ3) is 4.54. The largest absolute Gasteiger partial charge is 0.330 e.